The van der Waals surface area contributed by atoms with Crippen LogP contribution in [0.3, 0.4) is 0 Å². The predicted octanol–water partition coefficient (Wildman–Crippen LogP) is 1.41. The maximum atomic E-state index is 12.0. The maximum absolute atomic E-state index is 12.0. The molecule has 0 aromatic carbocycles. The lowest BCUT2D eigenvalue weighted by Gasteiger charge is -2.13. The first-order valence-electron chi connectivity index (χ1n) is 5.16. The van der Waals surface area contributed by atoms with Gasteiger partial charge >= 0.3 is 5.69 Å². The molecule has 0 radical (unpaired) electrons. The second-order valence-corrected chi connectivity index (χ2v) is 4.07. The van der Waals surface area contributed by atoms with Crippen molar-refractivity contribution in [1.29, 1.82) is 0 Å². The summed E-state index contributed by atoms with van der Waals surface area (Å²) in [6.45, 7) is 0.273. The number of aromatic nitrogens is 1. The van der Waals surface area contributed by atoms with Crippen LogP contribution in [0.15, 0.2) is 12.3 Å². The highest BCUT2D eigenvalue weighted by molar-refractivity contribution is 6.32. The van der Waals surface area contributed by atoms with Gasteiger partial charge in [0.1, 0.15) is 5.56 Å². The molecule has 1 aliphatic heterocycles. The Bertz CT molecular complexity index is 546. The maximum Gasteiger partial charge on any atom is 0.319 e. The highest BCUT2D eigenvalue weighted by Gasteiger charge is 2.33. The third-order valence-corrected chi connectivity index (χ3v) is 2.89. The first kappa shape index (κ1) is 12.4. The second-order valence-electron chi connectivity index (χ2n) is 3.71. The number of likely N-dealkylation sites (tertiary alicyclic amines) is 1. The molecule has 7 nitrogen and oxygen atoms in total. The summed E-state index contributed by atoms with van der Waals surface area (Å²) in [6, 6.07) is 1.19. The van der Waals surface area contributed by atoms with Crippen molar-refractivity contribution in [3.05, 3.63) is 33.1 Å². The zero-order valence-electron chi connectivity index (χ0n) is 9.13. The van der Waals surface area contributed by atoms with Gasteiger partial charge in [0.2, 0.25) is 11.1 Å². The molecule has 1 aliphatic rings. The standard InChI is InChI=1S/C10H8ClN3O4/c11-9-8(14(17)18)6(3-4-12-9)10(16)13-5-1-2-7(13)15/h3-4H,1-2,5H2. The predicted molar refractivity (Wildman–Crippen MR) is 61.2 cm³/mol. The first-order valence-corrected chi connectivity index (χ1v) is 5.53. The van der Waals surface area contributed by atoms with Gasteiger partial charge in [0, 0.05) is 19.2 Å². The molecule has 0 atom stereocenters. The second kappa shape index (κ2) is 4.69. The van der Waals surface area contributed by atoms with Gasteiger partial charge in [-0.15, -0.1) is 0 Å². The molecule has 0 N–H and O–H groups in total. The van der Waals surface area contributed by atoms with Crippen LogP contribution in [0.1, 0.15) is 23.2 Å². The van der Waals surface area contributed by atoms with Crippen molar-refractivity contribution in [2.24, 2.45) is 0 Å². The molecular weight excluding hydrogens is 262 g/mol. The summed E-state index contributed by atoms with van der Waals surface area (Å²) in [5, 5.41) is 10.5. The lowest BCUT2D eigenvalue weighted by atomic mass is 10.2. The molecule has 94 valence electrons. The normalized spacial score (nSPS) is 14.9. The molecule has 1 fully saturated rings. The molecule has 2 rings (SSSR count). The Hall–Kier alpha value is -2.02. The summed E-state index contributed by atoms with van der Waals surface area (Å²) >= 11 is 5.60. The van der Waals surface area contributed by atoms with Crippen LogP contribution in [0.4, 0.5) is 5.69 Å². The van der Waals surface area contributed by atoms with Crippen LogP contribution in [-0.4, -0.2) is 33.2 Å². The van der Waals surface area contributed by atoms with Gasteiger partial charge < -0.3 is 0 Å². The van der Waals surface area contributed by atoms with E-state index in [4.69, 9.17) is 11.6 Å². The molecular formula is C10H8ClN3O4. The minimum absolute atomic E-state index is 0.213. The number of hydrogen-bond acceptors (Lipinski definition) is 5. The van der Waals surface area contributed by atoms with E-state index in [0.29, 0.717) is 6.42 Å². The van der Waals surface area contributed by atoms with Crippen molar-refractivity contribution in [2.75, 3.05) is 6.54 Å². The molecule has 1 saturated heterocycles. The van der Waals surface area contributed by atoms with Crippen LogP contribution in [0.5, 0.6) is 0 Å². The molecule has 0 unspecified atom stereocenters. The number of carbonyl (C=O) groups excluding carboxylic acids is 2. The van der Waals surface area contributed by atoms with E-state index in [1.54, 1.807) is 0 Å². The summed E-state index contributed by atoms with van der Waals surface area (Å²) in [6.07, 6.45) is 2.04. The van der Waals surface area contributed by atoms with Crippen LogP contribution < -0.4 is 0 Å². The topological polar surface area (TPSA) is 93.4 Å². The van der Waals surface area contributed by atoms with Gasteiger partial charge in [-0.2, -0.15) is 0 Å². The molecule has 0 spiro atoms. The SMILES string of the molecule is O=C1CCCN1C(=O)c1ccnc(Cl)c1[N+](=O)[O-]. The zero-order chi connectivity index (χ0) is 13.3. The van der Waals surface area contributed by atoms with E-state index in [1.807, 2.05) is 0 Å². The number of imide groups is 1. The van der Waals surface area contributed by atoms with Gasteiger partial charge in [-0.1, -0.05) is 11.6 Å². The van der Waals surface area contributed by atoms with Crippen LogP contribution in [0, 0.1) is 10.1 Å². The van der Waals surface area contributed by atoms with Crippen LogP contribution in [-0.2, 0) is 4.79 Å². The number of nitrogens with zero attached hydrogens (tertiary/aromatic N) is 3. The molecule has 18 heavy (non-hydrogen) atoms. The van der Waals surface area contributed by atoms with E-state index in [0.717, 1.165) is 4.90 Å². The van der Waals surface area contributed by atoms with E-state index in [9.17, 15) is 19.7 Å². The fourth-order valence-corrected chi connectivity index (χ4v) is 2.01. The van der Waals surface area contributed by atoms with E-state index in [1.165, 1.54) is 12.3 Å². The van der Waals surface area contributed by atoms with Gasteiger partial charge in [0.05, 0.1) is 4.92 Å². The van der Waals surface area contributed by atoms with E-state index in [-0.39, 0.29) is 29.6 Å². The quantitative estimate of drug-likeness (QED) is 0.350. The summed E-state index contributed by atoms with van der Waals surface area (Å²) in [5.74, 6) is -1.03. The Morgan fingerprint density at radius 2 is 2.28 bits per heavy atom. The van der Waals surface area contributed by atoms with Crippen molar-refractivity contribution in [3.8, 4) is 0 Å². The van der Waals surface area contributed by atoms with Crippen molar-refractivity contribution in [3.63, 3.8) is 0 Å². The Labute approximate surface area is 107 Å². The smallest absolute Gasteiger partial charge is 0.278 e. The summed E-state index contributed by atoms with van der Waals surface area (Å²) in [7, 11) is 0. The molecule has 0 aliphatic carbocycles. The summed E-state index contributed by atoms with van der Waals surface area (Å²) in [4.78, 5) is 38.1. The minimum atomic E-state index is -0.775. The third kappa shape index (κ3) is 2.04. The number of amides is 2. The number of rotatable bonds is 2. The van der Waals surface area contributed by atoms with Gasteiger partial charge in [-0.05, 0) is 12.5 Å². The number of carbonyl (C=O) groups is 2. The average Bonchev–Trinajstić information content (AvgIpc) is 2.73. The molecule has 1 aromatic rings. The van der Waals surface area contributed by atoms with Gasteiger partial charge in [0.25, 0.3) is 5.91 Å². The number of hydrogen-bond donors (Lipinski definition) is 0. The average molecular weight is 270 g/mol. The molecule has 1 aromatic heterocycles. The van der Waals surface area contributed by atoms with Gasteiger partial charge in [0.15, 0.2) is 0 Å². The molecule has 0 saturated carbocycles. The Kier molecular flexibility index (Phi) is 3.24. The highest BCUT2D eigenvalue weighted by Crippen LogP contribution is 2.28. The summed E-state index contributed by atoms with van der Waals surface area (Å²) < 4.78 is 0. The molecule has 0 bridgehead atoms. The van der Waals surface area contributed by atoms with Gasteiger partial charge in [-0.3, -0.25) is 24.6 Å². The lowest BCUT2D eigenvalue weighted by Crippen LogP contribution is -2.32. The van der Waals surface area contributed by atoms with Crippen LogP contribution in [0.25, 0.3) is 0 Å². The summed E-state index contributed by atoms with van der Waals surface area (Å²) in [5.41, 5.74) is -0.779. The van der Waals surface area contributed by atoms with Crippen molar-refractivity contribution in [1.82, 2.24) is 9.88 Å². The minimum Gasteiger partial charge on any atom is -0.278 e. The fourth-order valence-electron chi connectivity index (χ4n) is 1.78. The number of pyridine rings is 1. The number of halogens is 1. The van der Waals surface area contributed by atoms with Crippen LogP contribution >= 0.6 is 11.6 Å². The number of nitro groups is 1. The molecule has 2 heterocycles. The van der Waals surface area contributed by atoms with E-state index in [2.05, 4.69) is 4.98 Å². The Balaban J connectivity index is 2.45. The van der Waals surface area contributed by atoms with E-state index >= 15 is 0 Å². The van der Waals surface area contributed by atoms with Crippen LogP contribution in [0.2, 0.25) is 5.15 Å². The Morgan fingerprint density at radius 3 is 2.83 bits per heavy atom. The van der Waals surface area contributed by atoms with Crippen molar-refractivity contribution >= 4 is 29.1 Å². The van der Waals surface area contributed by atoms with E-state index < -0.39 is 16.5 Å². The van der Waals surface area contributed by atoms with Gasteiger partial charge in [-0.25, -0.2) is 4.98 Å². The Morgan fingerprint density at radius 1 is 1.56 bits per heavy atom. The van der Waals surface area contributed by atoms with Crippen molar-refractivity contribution in [2.45, 2.75) is 12.8 Å². The molecule has 2 amide bonds. The monoisotopic (exact) mass is 269 g/mol. The molecule has 8 heteroatoms. The van der Waals surface area contributed by atoms with Crippen molar-refractivity contribution < 1.29 is 14.5 Å². The lowest BCUT2D eigenvalue weighted by molar-refractivity contribution is -0.385. The third-order valence-electron chi connectivity index (χ3n) is 2.61. The largest absolute Gasteiger partial charge is 0.319 e. The first-order chi connectivity index (χ1) is 8.52. The zero-order valence-corrected chi connectivity index (χ0v) is 9.88. The fraction of sp³-hybridized carbons (Fsp3) is 0.300. The highest BCUT2D eigenvalue weighted by atomic mass is 35.5.